The molecule has 1 atom stereocenters. The van der Waals surface area contributed by atoms with Gasteiger partial charge in [-0.1, -0.05) is 29.3 Å². The second kappa shape index (κ2) is 7.33. The van der Waals surface area contributed by atoms with Gasteiger partial charge in [-0.3, -0.25) is 0 Å². The van der Waals surface area contributed by atoms with Crippen LogP contribution in [0.3, 0.4) is 0 Å². The molecule has 1 aliphatic heterocycles. The first kappa shape index (κ1) is 20.6. The number of carboxylic acid groups (broad SMARTS) is 1. The van der Waals surface area contributed by atoms with Gasteiger partial charge in [0, 0.05) is 15.6 Å². The number of aliphatic carboxylic acids is 1. The largest absolute Gasteiger partial charge is 0.478 e. The van der Waals surface area contributed by atoms with Crippen LogP contribution in [0.1, 0.15) is 27.8 Å². The lowest BCUT2D eigenvalue weighted by atomic mass is 9.95. The second-order valence-electron chi connectivity index (χ2n) is 6.63. The number of alkyl halides is 3. The van der Waals surface area contributed by atoms with Gasteiger partial charge in [0.05, 0.1) is 5.57 Å². The first-order valence-corrected chi connectivity index (χ1v) is 8.99. The number of rotatable bonds is 3. The molecule has 148 valence electrons. The van der Waals surface area contributed by atoms with Crippen molar-refractivity contribution >= 4 is 35.2 Å². The number of carboxylic acids is 1. The summed E-state index contributed by atoms with van der Waals surface area (Å²) in [5, 5.41) is 9.98. The lowest BCUT2D eigenvalue weighted by molar-refractivity contribution is -0.187. The number of hydrogen-bond acceptors (Lipinski definition) is 2. The number of carbonyl (C=O) groups is 1. The van der Waals surface area contributed by atoms with Gasteiger partial charge in [-0.25, -0.2) is 4.79 Å². The third kappa shape index (κ3) is 3.98. The third-order valence-corrected chi connectivity index (χ3v) is 5.32. The maximum Gasteiger partial charge on any atom is 0.430 e. The summed E-state index contributed by atoms with van der Waals surface area (Å²) in [6, 6.07) is 6.54. The van der Waals surface area contributed by atoms with Gasteiger partial charge in [0.2, 0.25) is 6.10 Å². The molecule has 0 bridgehead atoms. The Bertz CT molecular complexity index is 997. The maximum absolute atomic E-state index is 13.2. The molecule has 0 saturated carbocycles. The normalized spacial score (nSPS) is 16.2. The van der Waals surface area contributed by atoms with Gasteiger partial charge < -0.3 is 9.84 Å². The molecule has 8 heteroatoms. The first-order chi connectivity index (χ1) is 13.0. The molecule has 1 heterocycles. The van der Waals surface area contributed by atoms with Crippen molar-refractivity contribution in [2.75, 3.05) is 0 Å². The zero-order valence-corrected chi connectivity index (χ0v) is 16.3. The van der Waals surface area contributed by atoms with E-state index in [1.807, 2.05) is 19.9 Å². The zero-order valence-electron chi connectivity index (χ0n) is 14.8. The highest BCUT2D eigenvalue weighted by Gasteiger charge is 2.48. The predicted molar refractivity (Wildman–Crippen MR) is 101 cm³/mol. The Labute approximate surface area is 169 Å². The fourth-order valence-corrected chi connectivity index (χ4v) is 3.50. The van der Waals surface area contributed by atoms with E-state index in [-0.39, 0.29) is 11.3 Å². The van der Waals surface area contributed by atoms with Crippen LogP contribution in [-0.4, -0.2) is 23.4 Å². The molecular weight excluding hydrogens is 416 g/mol. The van der Waals surface area contributed by atoms with Crippen molar-refractivity contribution in [2.24, 2.45) is 0 Å². The summed E-state index contributed by atoms with van der Waals surface area (Å²) in [5.41, 5.74) is 2.62. The quantitative estimate of drug-likeness (QED) is 0.649. The molecule has 2 aromatic rings. The van der Waals surface area contributed by atoms with Crippen LogP contribution in [0.4, 0.5) is 13.2 Å². The van der Waals surface area contributed by atoms with Crippen molar-refractivity contribution in [2.45, 2.75) is 32.5 Å². The van der Waals surface area contributed by atoms with Crippen LogP contribution < -0.4 is 4.74 Å². The van der Waals surface area contributed by atoms with Crippen molar-refractivity contribution in [3.63, 3.8) is 0 Å². The third-order valence-electron chi connectivity index (χ3n) is 4.56. The number of halogens is 5. The van der Waals surface area contributed by atoms with Crippen LogP contribution in [0.25, 0.3) is 6.08 Å². The molecule has 3 nitrogen and oxygen atoms in total. The van der Waals surface area contributed by atoms with E-state index in [2.05, 4.69) is 0 Å². The molecule has 3 rings (SSSR count). The molecule has 0 spiro atoms. The number of benzene rings is 2. The van der Waals surface area contributed by atoms with E-state index in [1.165, 1.54) is 12.1 Å². The SMILES string of the molecule is Cc1cc(C)c(Cc2cc3c(cc2Cl)C=C(C(=O)O)C(C(F)(F)F)O3)cc1Cl. The Kier molecular flexibility index (Phi) is 5.38. The van der Waals surface area contributed by atoms with E-state index in [9.17, 15) is 18.0 Å². The number of hydrogen-bond donors (Lipinski definition) is 1. The molecule has 0 fully saturated rings. The Morgan fingerprint density at radius 2 is 1.75 bits per heavy atom. The molecule has 0 saturated heterocycles. The molecule has 0 radical (unpaired) electrons. The fraction of sp³-hybridized carbons (Fsp3) is 0.250. The lowest BCUT2D eigenvalue weighted by Crippen LogP contribution is -2.40. The molecule has 1 aliphatic rings. The van der Waals surface area contributed by atoms with E-state index in [1.54, 1.807) is 6.07 Å². The number of aryl methyl sites for hydroxylation is 2. The Hall–Kier alpha value is -2.18. The van der Waals surface area contributed by atoms with Gasteiger partial charge in [0.25, 0.3) is 0 Å². The monoisotopic (exact) mass is 430 g/mol. The van der Waals surface area contributed by atoms with Crippen LogP contribution in [0.15, 0.2) is 29.8 Å². The van der Waals surface area contributed by atoms with Crippen molar-refractivity contribution in [1.29, 1.82) is 0 Å². The van der Waals surface area contributed by atoms with Gasteiger partial charge in [-0.15, -0.1) is 0 Å². The first-order valence-electron chi connectivity index (χ1n) is 8.23. The second-order valence-corrected chi connectivity index (χ2v) is 7.44. The average Bonchev–Trinajstić information content (AvgIpc) is 2.58. The van der Waals surface area contributed by atoms with E-state index in [0.29, 0.717) is 22.0 Å². The molecule has 0 aromatic heterocycles. The van der Waals surface area contributed by atoms with Crippen molar-refractivity contribution in [1.82, 2.24) is 0 Å². The molecule has 0 aliphatic carbocycles. The van der Waals surface area contributed by atoms with Crippen molar-refractivity contribution in [3.8, 4) is 5.75 Å². The molecule has 28 heavy (non-hydrogen) atoms. The summed E-state index contributed by atoms with van der Waals surface area (Å²) in [7, 11) is 0. The van der Waals surface area contributed by atoms with Crippen LogP contribution in [-0.2, 0) is 11.2 Å². The van der Waals surface area contributed by atoms with Gasteiger partial charge in [-0.2, -0.15) is 13.2 Å². The summed E-state index contributed by atoms with van der Waals surface area (Å²) >= 11 is 12.5. The minimum atomic E-state index is -4.86. The highest BCUT2D eigenvalue weighted by atomic mass is 35.5. The molecule has 0 amide bonds. The lowest BCUT2D eigenvalue weighted by Gasteiger charge is -2.27. The zero-order chi connectivity index (χ0) is 20.8. The average molecular weight is 431 g/mol. The molecule has 2 aromatic carbocycles. The summed E-state index contributed by atoms with van der Waals surface area (Å²) in [4.78, 5) is 11.2. The summed E-state index contributed by atoms with van der Waals surface area (Å²) < 4.78 is 44.7. The molecule has 1 N–H and O–H groups in total. The van der Waals surface area contributed by atoms with Crippen LogP contribution >= 0.6 is 23.2 Å². The summed E-state index contributed by atoms with van der Waals surface area (Å²) in [6.07, 6.45) is -6.11. The fourth-order valence-electron chi connectivity index (χ4n) is 3.07. The standard InChI is InChI=1S/C20H15Cl2F3O3/c1-9-3-10(2)15(21)6-11(9)4-12-8-17-13(7-16(12)22)5-14(19(26)27)18(28-17)20(23,24)25/h3,5-8,18H,4H2,1-2H3,(H,26,27). The predicted octanol–water partition coefficient (Wildman–Crippen LogP) is 5.99. The Balaban J connectivity index is 2.04. The van der Waals surface area contributed by atoms with E-state index < -0.39 is 23.8 Å². The molecule has 1 unspecified atom stereocenters. The molecular formula is C20H15Cl2F3O3. The van der Waals surface area contributed by atoms with Crippen LogP contribution in [0.5, 0.6) is 5.75 Å². The minimum absolute atomic E-state index is 0.0670. The summed E-state index contributed by atoms with van der Waals surface area (Å²) in [6.45, 7) is 3.78. The van der Waals surface area contributed by atoms with E-state index in [4.69, 9.17) is 33.0 Å². The number of fused-ring (bicyclic) bond motifs is 1. The smallest absolute Gasteiger partial charge is 0.430 e. The number of ether oxygens (including phenoxy) is 1. The maximum atomic E-state index is 13.2. The van der Waals surface area contributed by atoms with Crippen molar-refractivity contribution < 1.29 is 27.8 Å². The van der Waals surface area contributed by atoms with Gasteiger partial charge in [-0.05, 0) is 66.8 Å². The van der Waals surface area contributed by atoms with Gasteiger partial charge in [0.1, 0.15) is 5.75 Å². The van der Waals surface area contributed by atoms with Gasteiger partial charge >= 0.3 is 12.1 Å². The van der Waals surface area contributed by atoms with Crippen molar-refractivity contribution in [3.05, 3.63) is 67.7 Å². The van der Waals surface area contributed by atoms with E-state index in [0.717, 1.165) is 22.8 Å². The topological polar surface area (TPSA) is 46.5 Å². The highest BCUT2D eigenvalue weighted by molar-refractivity contribution is 6.32. The Morgan fingerprint density at radius 1 is 1.07 bits per heavy atom. The van der Waals surface area contributed by atoms with E-state index >= 15 is 0 Å². The minimum Gasteiger partial charge on any atom is -0.478 e. The van der Waals surface area contributed by atoms with Gasteiger partial charge in [0.15, 0.2) is 0 Å². The highest BCUT2D eigenvalue weighted by Crippen LogP contribution is 2.40. The Morgan fingerprint density at radius 3 is 2.36 bits per heavy atom. The van der Waals surface area contributed by atoms with Crippen LogP contribution in [0.2, 0.25) is 10.0 Å². The summed E-state index contributed by atoms with van der Waals surface area (Å²) in [5.74, 6) is -1.76. The van der Waals surface area contributed by atoms with Crippen LogP contribution in [0, 0.1) is 13.8 Å².